The molecule has 0 radical (unpaired) electrons. The van der Waals surface area contributed by atoms with Crippen LogP contribution in [0.15, 0.2) is 0 Å². The predicted octanol–water partition coefficient (Wildman–Crippen LogP) is 0.0159. The van der Waals surface area contributed by atoms with Gasteiger partial charge in [-0.05, 0) is 19.8 Å². The van der Waals surface area contributed by atoms with Crippen molar-refractivity contribution in [3.8, 4) is 0 Å². The minimum atomic E-state index is -1.41. The summed E-state index contributed by atoms with van der Waals surface area (Å²) >= 11 is 0. The van der Waals surface area contributed by atoms with Crippen LogP contribution in [0.2, 0.25) is 0 Å². The standard InChI is InChI=1S/C10H18N2O4/c1-2-12(7-3-4-7)10(16)11-6-5-8(13)9(14)15/h7-8,13H,2-6H2,1H3,(H,11,16)(H,14,15)/t8-/m0/s1. The summed E-state index contributed by atoms with van der Waals surface area (Å²) in [7, 11) is 0. The SMILES string of the molecule is CCN(C(=O)NCC[C@H](O)C(=O)O)C1CC1. The van der Waals surface area contributed by atoms with Crippen LogP contribution in [0.3, 0.4) is 0 Å². The summed E-state index contributed by atoms with van der Waals surface area (Å²) in [6, 6.07) is 0.164. The van der Waals surface area contributed by atoms with Crippen molar-refractivity contribution in [1.29, 1.82) is 0 Å². The second-order valence-electron chi connectivity index (χ2n) is 3.89. The number of aliphatic hydroxyl groups excluding tert-OH is 1. The molecule has 1 saturated carbocycles. The van der Waals surface area contributed by atoms with Gasteiger partial charge in [0, 0.05) is 25.6 Å². The lowest BCUT2D eigenvalue weighted by Gasteiger charge is -2.20. The summed E-state index contributed by atoms with van der Waals surface area (Å²) in [5.74, 6) is -1.26. The molecule has 92 valence electrons. The van der Waals surface area contributed by atoms with Crippen molar-refractivity contribution in [2.75, 3.05) is 13.1 Å². The fourth-order valence-corrected chi connectivity index (χ4v) is 1.49. The topological polar surface area (TPSA) is 89.9 Å². The molecule has 1 fully saturated rings. The second kappa shape index (κ2) is 5.69. The van der Waals surface area contributed by atoms with Crippen molar-refractivity contribution in [3.63, 3.8) is 0 Å². The fraction of sp³-hybridized carbons (Fsp3) is 0.800. The molecule has 2 amide bonds. The number of carboxylic acid groups (broad SMARTS) is 1. The van der Waals surface area contributed by atoms with Gasteiger partial charge in [0.2, 0.25) is 0 Å². The number of aliphatic hydroxyl groups is 1. The van der Waals surface area contributed by atoms with Crippen LogP contribution in [0.25, 0.3) is 0 Å². The van der Waals surface area contributed by atoms with Crippen LogP contribution in [0.1, 0.15) is 26.2 Å². The Balaban J connectivity index is 2.21. The minimum absolute atomic E-state index is 0.0310. The summed E-state index contributed by atoms with van der Waals surface area (Å²) in [5.41, 5.74) is 0. The Morgan fingerprint density at radius 2 is 2.12 bits per heavy atom. The number of rotatable bonds is 6. The maximum Gasteiger partial charge on any atom is 0.332 e. The molecular formula is C10H18N2O4. The van der Waals surface area contributed by atoms with Crippen LogP contribution in [0, 0.1) is 0 Å². The van der Waals surface area contributed by atoms with Gasteiger partial charge in [-0.3, -0.25) is 0 Å². The van der Waals surface area contributed by atoms with E-state index in [0.717, 1.165) is 12.8 Å². The normalized spacial score (nSPS) is 16.6. The first-order valence-corrected chi connectivity index (χ1v) is 5.51. The third-order valence-electron chi connectivity index (χ3n) is 2.57. The highest BCUT2D eigenvalue weighted by Crippen LogP contribution is 2.26. The van der Waals surface area contributed by atoms with Crippen molar-refractivity contribution in [2.45, 2.75) is 38.3 Å². The summed E-state index contributed by atoms with van der Waals surface area (Å²) in [6.45, 7) is 2.73. The third-order valence-corrected chi connectivity index (χ3v) is 2.57. The molecule has 0 aromatic heterocycles. The molecule has 0 bridgehead atoms. The van der Waals surface area contributed by atoms with Crippen LogP contribution in [-0.2, 0) is 4.79 Å². The fourth-order valence-electron chi connectivity index (χ4n) is 1.49. The van der Waals surface area contributed by atoms with E-state index < -0.39 is 12.1 Å². The number of carbonyl (C=O) groups excluding carboxylic acids is 1. The molecule has 1 aliphatic carbocycles. The van der Waals surface area contributed by atoms with Gasteiger partial charge in [-0.1, -0.05) is 0 Å². The zero-order chi connectivity index (χ0) is 12.1. The molecule has 0 unspecified atom stereocenters. The predicted molar refractivity (Wildman–Crippen MR) is 57.1 cm³/mol. The first-order chi connectivity index (χ1) is 7.56. The van der Waals surface area contributed by atoms with Crippen molar-refractivity contribution >= 4 is 12.0 Å². The molecule has 6 nitrogen and oxygen atoms in total. The first-order valence-electron chi connectivity index (χ1n) is 5.51. The number of urea groups is 1. The lowest BCUT2D eigenvalue weighted by Crippen LogP contribution is -2.42. The smallest absolute Gasteiger partial charge is 0.332 e. The van der Waals surface area contributed by atoms with Gasteiger partial charge in [0.1, 0.15) is 0 Å². The van der Waals surface area contributed by atoms with Crippen LogP contribution < -0.4 is 5.32 Å². The number of hydrogen-bond donors (Lipinski definition) is 3. The quantitative estimate of drug-likeness (QED) is 0.600. The molecule has 1 aliphatic rings. The molecule has 6 heteroatoms. The van der Waals surface area contributed by atoms with Gasteiger partial charge >= 0.3 is 12.0 Å². The Hall–Kier alpha value is -1.30. The van der Waals surface area contributed by atoms with Gasteiger partial charge in [0.25, 0.3) is 0 Å². The van der Waals surface area contributed by atoms with E-state index in [2.05, 4.69) is 5.32 Å². The van der Waals surface area contributed by atoms with Gasteiger partial charge in [0.15, 0.2) is 6.10 Å². The summed E-state index contributed by atoms with van der Waals surface area (Å²) in [5, 5.41) is 20.0. The highest BCUT2D eigenvalue weighted by Gasteiger charge is 2.31. The Morgan fingerprint density at radius 1 is 1.50 bits per heavy atom. The second-order valence-corrected chi connectivity index (χ2v) is 3.89. The molecule has 0 aromatic carbocycles. The van der Waals surface area contributed by atoms with E-state index in [4.69, 9.17) is 10.2 Å². The summed E-state index contributed by atoms with van der Waals surface area (Å²) in [4.78, 5) is 23.6. The summed E-state index contributed by atoms with van der Waals surface area (Å²) in [6.07, 6.45) is 0.706. The van der Waals surface area contributed by atoms with E-state index in [9.17, 15) is 9.59 Å². The zero-order valence-corrected chi connectivity index (χ0v) is 9.35. The molecule has 1 rings (SSSR count). The third kappa shape index (κ3) is 3.69. The van der Waals surface area contributed by atoms with Gasteiger partial charge in [0.05, 0.1) is 0 Å². The average molecular weight is 230 g/mol. The van der Waals surface area contributed by atoms with Crippen molar-refractivity contribution in [3.05, 3.63) is 0 Å². The van der Waals surface area contributed by atoms with E-state index in [1.165, 1.54) is 0 Å². The Morgan fingerprint density at radius 3 is 2.56 bits per heavy atom. The molecule has 1 atom stereocenters. The number of carboxylic acids is 1. The largest absolute Gasteiger partial charge is 0.479 e. The van der Waals surface area contributed by atoms with Crippen molar-refractivity contribution < 1.29 is 19.8 Å². The highest BCUT2D eigenvalue weighted by atomic mass is 16.4. The van der Waals surface area contributed by atoms with Crippen molar-refractivity contribution in [1.82, 2.24) is 10.2 Å². The molecule has 0 aromatic rings. The van der Waals surface area contributed by atoms with E-state index >= 15 is 0 Å². The van der Waals surface area contributed by atoms with E-state index in [-0.39, 0.29) is 19.0 Å². The number of nitrogens with zero attached hydrogens (tertiary/aromatic N) is 1. The van der Waals surface area contributed by atoms with Crippen LogP contribution >= 0.6 is 0 Å². The molecule has 0 saturated heterocycles. The maximum absolute atomic E-state index is 11.6. The number of carbonyl (C=O) groups is 2. The first kappa shape index (κ1) is 12.8. The maximum atomic E-state index is 11.6. The van der Waals surface area contributed by atoms with Gasteiger partial charge < -0.3 is 20.4 Å². The lowest BCUT2D eigenvalue weighted by atomic mass is 10.2. The average Bonchev–Trinajstić information content (AvgIpc) is 3.02. The number of aliphatic carboxylic acids is 1. The van der Waals surface area contributed by atoms with Crippen molar-refractivity contribution in [2.24, 2.45) is 0 Å². The number of amides is 2. The molecule has 0 aliphatic heterocycles. The van der Waals surface area contributed by atoms with Crippen LogP contribution in [0.5, 0.6) is 0 Å². The number of nitrogens with one attached hydrogen (secondary N) is 1. The molecular weight excluding hydrogens is 212 g/mol. The molecule has 0 heterocycles. The van der Waals surface area contributed by atoms with E-state index in [1.807, 2.05) is 6.92 Å². The molecule has 3 N–H and O–H groups in total. The van der Waals surface area contributed by atoms with Gasteiger partial charge in [-0.2, -0.15) is 0 Å². The lowest BCUT2D eigenvalue weighted by molar-refractivity contribution is -0.146. The van der Waals surface area contributed by atoms with E-state index in [1.54, 1.807) is 4.90 Å². The van der Waals surface area contributed by atoms with E-state index in [0.29, 0.717) is 12.6 Å². The van der Waals surface area contributed by atoms with Gasteiger partial charge in [-0.25, -0.2) is 9.59 Å². The monoisotopic (exact) mass is 230 g/mol. The summed E-state index contributed by atoms with van der Waals surface area (Å²) < 4.78 is 0. The Kier molecular flexibility index (Phi) is 4.54. The zero-order valence-electron chi connectivity index (χ0n) is 9.35. The van der Waals surface area contributed by atoms with Crippen LogP contribution in [-0.4, -0.2) is 52.3 Å². The molecule has 16 heavy (non-hydrogen) atoms. The Labute approximate surface area is 94.2 Å². The highest BCUT2D eigenvalue weighted by molar-refractivity contribution is 5.75. The van der Waals surface area contributed by atoms with Gasteiger partial charge in [-0.15, -0.1) is 0 Å². The number of hydrogen-bond acceptors (Lipinski definition) is 3. The van der Waals surface area contributed by atoms with Crippen LogP contribution in [0.4, 0.5) is 4.79 Å². The molecule has 0 spiro atoms. The Bertz CT molecular complexity index is 266. The minimum Gasteiger partial charge on any atom is -0.479 e.